The Morgan fingerprint density at radius 3 is 2.43 bits per heavy atom. The molecule has 0 aromatic carbocycles. The maximum Gasteiger partial charge on any atom is 0.407 e. The largest absolute Gasteiger partial charge is 0.444 e. The summed E-state index contributed by atoms with van der Waals surface area (Å²) in [4.78, 5) is 23.6. The van der Waals surface area contributed by atoms with Crippen LogP contribution in [-0.4, -0.2) is 40.8 Å². The SMILES string of the molecule is CC(C)(C)OC(=O)N[C@@H]1CCN(c2cc(C3C4CC5CC(C4)CC3C5)nc(Cl)n2)C1. The number of carbonyl (C=O) groups is 1. The first-order valence-electron chi connectivity index (χ1n) is 11.5. The van der Waals surface area contributed by atoms with Gasteiger partial charge in [0.25, 0.3) is 0 Å². The normalized spacial score (nSPS) is 35.0. The summed E-state index contributed by atoms with van der Waals surface area (Å²) >= 11 is 6.40. The average Bonchev–Trinajstić information content (AvgIpc) is 3.07. The number of ether oxygens (including phenoxy) is 1. The van der Waals surface area contributed by atoms with E-state index < -0.39 is 5.60 Å². The summed E-state index contributed by atoms with van der Waals surface area (Å²) in [7, 11) is 0. The van der Waals surface area contributed by atoms with Crippen LogP contribution in [-0.2, 0) is 4.74 Å². The van der Waals surface area contributed by atoms with Crippen LogP contribution in [0.3, 0.4) is 0 Å². The Balaban J connectivity index is 1.28. The molecule has 1 atom stereocenters. The lowest BCUT2D eigenvalue weighted by Crippen LogP contribution is -2.44. The number of hydrogen-bond acceptors (Lipinski definition) is 5. The zero-order chi connectivity index (χ0) is 21.0. The highest BCUT2D eigenvalue weighted by atomic mass is 35.5. The van der Waals surface area contributed by atoms with Crippen LogP contribution in [0.4, 0.5) is 10.6 Å². The fourth-order valence-electron chi connectivity index (χ4n) is 6.72. The van der Waals surface area contributed by atoms with Gasteiger partial charge < -0.3 is 15.0 Å². The number of anilines is 1. The standard InChI is InChI=1S/C23H33ClN4O2/c1-23(2,3)30-22(29)25-17-4-5-28(12-17)19-11-18(26-21(24)27-19)20-15-7-13-6-14(9-15)10-16(20)8-13/h11,13-17,20H,4-10,12H2,1-3H3,(H,25,29)/t13?,14?,15?,16?,17-,20?/m1/s1. The molecule has 0 radical (unpaired) electrons. The van der Waals surface area contributed by atoms with E-state index in [1.165, 1.54) is 32.1 Å². The van der Waals surface area contributed by atoms with Crippen molar-refractivity contribution >= 4 is 23.5 Å². The summed E-state index contributed by atoms with van der Waals surface area (Å²) in [5, 5.41) is 3.34. The third-order valence-electron chi connectivity index (χ3n) is 7.51. The lowest BCUT2D eigenvalue weighted by molar-refractivity contribution is -0.00417. The molecule has 1 N–H and O–H groups in total. The Bertz CT molecular complexity index is 796. The molecule has 30 heavy (non-hydrogen) atoms. The number of nitrogens with one attached hydrogen (secondary N) is 1. The molecule has 1 saturated heterocycles. The zero-order valence-electron chi connectivity index (χ0n) is 18.2. The van der Waals surface area contributed by atoms with E-state index in [-0.39, 0.29) is 12.1 Å². The first-order chi connectivity index (χ1) is 14.2. The molecule has 4 saturated carbocycles. The fourth-order valence-corrected chi connectivity index (χ4v) is 6.91. The monoisotopic (exact) mass is 432 g/mol. The number of alkyl carbamates (subject to hydrolysis) is 1. The third kappa shape index (κ3) is 4.12. The molecule has 1 aliphatic heterocycles. The maximum absolute atomic E-state index is 12.1. The van der Waals surface area contributed by atoms with Crippen molar-refractivity contribution in [1.29, 1.82) is 0 Å². The van der Waals surface area contributed by atoms with Crippen LogP contribution in [0.25, 0.3) is 0 Å². The zero-order valence-corrected chi connectivity index (χ0v) is 19.0. The van der Waals surface area contributed by atoms with Crippen LogP contribution in [0.5, 0.6) is 0 Å². The lowest BCUT2D eigenvalue weighted by atomic mass is 9.51. The van der Waals surface area contributed by atoms with Gasteiger partial charge in [0, 0.05) is 25.1 Å². The summed E-state index contributed by atoms with van der Waals surface area (Å²) in [6.07, 6.45) is 7.41. The predicted molar refractivity (Wildman–Crippen MR) is 117 cm³/mol. The highest BCUT2D eigenvalue weighted by Crippen LogP contribution is 2.59. The molecule has 4 aliphatic carbocycles. The highest BCUT2D eigenvalue weighted by Gasteiger charge is 2.49. The number of amides is 1. The smallest absolute Gasteiger partial charge is 0.407 e. The van der Waals surface area contributed by atoms with Crippen LogP contribution < -0.4 is 10.2 Å². The number of halogens is 1. The van der Waals surface area contributed by atoms with Gasteiger partial charge in [0.2, 0.25) is 5.28 Å². The Morgan fingerprint density at radius 2 is 1.80 bits per heavy atom. The Morgan fingerprint density at radius 1 is 1.13 bits per heavy atom. The van der Waals surface area contributed by atoms with Crippen molar-refractivity contribution < 1.29 is 9.53 Å². The van der Waals surface area contributed by atoms with Crippen LogP contribution in [0, 0.1) is 23.7 Å². The molecule has 4 bridgehead atoms. The summed E-state index contributed by atoms with van der Waals surface area (Å²) < 4.78 is 5.40. The molecular formula is C23H33ClN4O2. The highest BCUT2D eigenvalue weighted by molar-refractivity contribution is 6.28. The van der Waals surface area contributed by atoms with Crippen molar-refractivity contribution in [2.45, 2.75) is 76.9 Å². The fraction of sp³-hybridized carbons (Fsp3) is 0.783. The van der Waals surface area contributed by atoms with Crippen molar-refractivity contribution in [2.75, 3.05) is 18.0 Å². The van der Waals surface area contributed by atoms with Crippen molar-refractivity contribution in [2.24, 2.45) is 23.7 Å². The molecule has 0 spiro atoms. The van der Waals surface area contributed by atoms with Crippen molar-refractivity contribution in [3.63, 3.8) is 0 Å². The number of hydrogen-bond donors (Lipinski definition) is 1. The van der Waals surface area contributed by atoms with Crippen LogP contribution >= 0.6 is 11.6 Å². The van der Waals surface area contributed by atoms with E-state index >= 15 is 0 Å². The number of nitrogens with zero attached hydrogens (tertiary/aromatic N) is 3. The molecule has 0 unspecified atom stereocenters. The molecule has 5 aliphatic rings. The molecule has 6 nitrogen and oxygen atoms in total. The Hall–Kier alpha value is -1.56. The van der Waals surface area contributed by atoms with Gasteiger partial charge >= 0.3 is 6.09 Å². The minimum atomic E-state index is -0.490. The Kier molecular flexibility index (Phi) is 5.11. The van der Waals surface area contributed by atoms with Gasteiger partial charge in [-0.1, -0.05) is 0 Å². The van der Waals surface area contributed by atoms with Crippen LogP contribution in [0.1, 0.15) is 70.9 Å². The van der Waals surface area contributed by atoms with Gasteiger partial charge in [0.05, 0.1) is 11.7 Å². The quantitative estimate of drug-likeness (QED) is 0.696. The molecule has 1 aromatic rings. The van der Waals surface area contributed by atoms with Crippen LogP contribution in [0.15, 0.2) is 6.07 Å². The molecule has 164 valence electrons. The van der Waals surface area contributed by atoms with Gasteiger partial charge in [-0.2, -0.15) is 0 Å². The molecule has 7 heteroatoms. The van der Waals surface area contributed by atoms with E-state index in [1.807, 2.05) is 20.8 Å². The second-order valence-corrected chi connectivity index (χ2v) is 11.3. The average molecular weight is 433 g/mol. The predicted octanol–water partition coefficient (Wildman–Crippen LogP) is 4.77. The Labute approximate surface area is 184 Å². The van der Waals surface area contributed by atoms with E-state index in [9.17, 15) is 4.79 Å². The number of aromatic nitrogens is 2. The van der Waals surface area contributed by atoms with Crippen LogP contribution in [0.2, 0.25) is 5.28 Å². The third-order valence-corrected chi connectivity index (χ3v) is 7.68. The van der Waals surface area contributed by atoms with Gasteiger partial charge in [-0.05, 0) is 94.6 Å². The van der Waals surface area contributed by atoms with Gasteiger partial charge in [0.1, 0.15) is 11.4 Å². The lowest BCUT2D eigenvalue weighted by Gasteiger charge is -2.54. The molecule has 5 fully saturated rings. The molecule has 1 aromatic heterocycles. The van der Waals surface area contributed by atoms with Gasteiger partial charge in [-0.15, -0.1) is 0 Å². The van der Waals surface area contributed by atoms with E-state index in [0.29, 0.717) is 17.7 Å². The topological polar surface area (TPSA) is 67.3 Å². The first-order valence-corrected chi connectivity index (χ1v) is 11.9. The molecular weight excluding hydrogens is 400 g/mol. The summed E-state index contributed by atoms with van der Waals surface area (Å²) in [6, 6.07) is 2.23. The van der Waals surface area contributed by atoms with Gasteiger partial charge in [-0.25, -0.2) is 14.8 Å². The van der Waals surface area contributed by atoms with Gasteiger partial charge in [0.15, 0.2) is 0 Å². The second kappa shape index (κ2) is 7.54. The van der Waals surface area contributed by atoms with Crippen molar-refractivity contribution in [3.05, 3.63) is 17.0 Å². The minimum absolute atomic E-state index is 0.0539. The maximum atomic E-state index is 12.1. The van der Waals surface area contributed by atoms with Gasteiger partial charge in [-0.3, -0.25) is 0 Å². The van der Waals surface area contributed by atoms with E-state index in [1.54, 1.807) is 0 Å². The molecule has 6 rings (SSSR count). The van der Waals surface area contributed by atoms with E-state index in [2.05, 4.69) is 21.3 Å². The van der Waals surface area contributed by atoms with E-state index in [4.69, 9.17) is 21.3 Å². The number of carbonyl (C=O) groups excluding carboxylic acids is 1. The summed E-state index contributed by atoms with van der Waals surface area (Å²) in [5.41, 5.74) is 0.651. The summed E-state index contributed by atoms with van der Waals surface area (Å²) in [6.45, 7) is 7.19. The second-order valence-electron chi connectivity index (χ2n) is 11.0. The minimum Gasteiger partial charge on any atom is -0.444 e. The van der Waals surface area contributed by atoms with Crippen molar-refractivity contribution in [3.8, 4) is 0 Å². The number of rotatable bonds is 3. The molecule has 1 amide bonds. The summed E-state index contributed by atoms with van der Waals surface area (Å²) in [5.74, 6) is 4.85. The van der Waals surface area contributed by atoms with Crippen molar-refractivity contribution in [1.82, 2.24) is 15.3 Å². The first kappa shape index (κ1) is 20.3. The van der Waals surface area contributed by atoms with E-state index in [0.717, 1.165) is 48.1 Å². The molecule has 2 heterocycles.